The number of hydrogen-bond acceptors (Lipinski definition) is 3. The van der Waals surface area contributed by atoms with Gasteiger partial charge in [-0.25, -0.2) is 4.39 Å². The number of hydrogen-bond donors (Lipinski definition) is 2. The smallest absolute Gasteiger partial charge is 0.423 e. The Labute approximate surface area is 108 Å². The van der Waals surface area contributed by atoms with Crippen molar-refractivity contribution in [3.8, 4) is 0 Å². The molecule has 0 unspecified atom stereocenters. The topological polar surface area (TPSA) is 43.7 Å². The lowest BCUT2D eigenvalue weighted by Crippen LogP contribution is -2.31. The van der Waals surface area contributed by atoms with E-state index < -0.39 is 12.9 Å². The van der Waals surface area contributed by atoms with Crippen LogP contribution in [0.15, 0.2) is 18.2 Å². The van der Waals surface area contributed by atoms with Crippen molar-refractivity contribution in [1.29, 1.82) is 0 Å². The normalized spacial score (nSPS) is 11.0. The van der Waals surface area contributed by atoms with Gasteiger partial charge < -0.3 is 10.0 Å². The zero-order valence-electron chi connectivity index (χ0n) is 11.1. The number of rotatable bonds is 7. The molecule has 3 nitrogen and oxygen atoms in total. The van der Waals surface area contributed by atoms with Crippen LogP contribution in [0.2, 0.25) is 0 Å². The lowest BCUT2D eigenvalue weighted by atomic mass is 9.79. The molecule has 0 saturated carbocycles. The van der Waals surface area contributed by atoms with Crippen molar-refractivity contribution in [1.82, 2.24) is 4.90 Å². The first-order valence-electron chi connectivity index (χ1n) is 6.44. The molecule has 0 spiro atoms. The third-order valence-corrected chi connectivity index (χ3v) is 2.76. The summed E-state index contributed by atoms with van der Waals surface area (Å²) in [6, 6.07) is 4.24. The summed E-state index contributed by atoms with van der Waals surface area (Å²) < 4.78 is 13.4. The minimum Gasteiger partial charge on any atom is -0.423 e. The van der Waals surface area contributed by atoms with Gasteiger partial charge in [0.1, 0.15) is 5.82 Å². The van der Waals surface area contributed by atoms with Crippen LogP contribution in [-0.2, 0) is 6.54 Å². The number of nitrogens with zero attached hydrogens (tertiary/aromatic N) is 1. The molecule has 0 fully saturated rings. The Bertz CT molecular complexity index is 368. The molecule has 0 aromatic heterocycles. The summed E-state index contributed by atoms with van der Waals surface area (Å²) in [5, 5.41) is 18.2. The fourth-order valence-electron chi connectivity index (χ4n) is 2.08. The highest BCUT2D eigenvalue weighted by Crippen LogP contribution is 2.07. The standard InChI is InChI=1S/C13H21BFNO2/c1-3-5-16(6-4-2)10-11-7-12(14(17)18)9-13(15)8-11/h7-9,17-18H,3-6,10H2,1-2H3. The molecule has 0 atom stereocenters. The van der Waals surface area contributed by atoms with Gasteiger partial charge in [-0.3, -0.25) is 4.90 Å². The average molecular weight is 253 g/mol. The Morgan fingerprint density at radius 3 is 2.22 bits per heavy atom. The van der Waals surface area contributed by atoms with E-state index in [4.69, 9.17) is 10.0 Å². The van der Waals surface area contributed by atoms with E-state index in [1.54, 1.807) is 6.07 Å². The summed E-state index contributed by atoms with van der Waals surface area (Å²) in [5.41, 5.74) is 0.984. The van der Waals surface area contributed by atoms with Gasteiger partial charge in [0, 0.05) is 6.54 Å². The van der Waals surface area contributed by atoms with Crippen LogP contribution in [0.25, 0.3) is 0 Å². The van der Waals surface area contributed by atoms with Gasteiger partial charge in [-0.2, -0.15) is 0 Å². The van der Waals surface area contributed by atoms with Crippen molar-refractivity contribution in [2.45, 2.75) is 33.2 Å². The van der Waals surface area contributed by atoms with Crippen molar-refractivity contribution >= 4 is 12.6 Å². The van der Waals surface area contributed by atoms with Gasteiger partial charge in [0.05, 0.1) is 0 Å². The van der Waals surface area contributed by atoms with Crippen molar-refractivity contribution in [3.63, 3.8) is 0 Å². The van der Waals surface area contributed by atoms with Gasteiger partial charge in [0.2, 0.25) is 0 Å². The lowest BCUT2D eigenvalue weighted by molar-refractivity contribution is 0.266. The second-order valence-electron chi connectivity index (χ2n) is 4.54. The molecule has 0 bridgehead atoms. The molecule has 0 radical (unpaired) electrons. The molecular weight excluding hydrogens is 232 g/mol. The summed E-state index contributed by atoms with van der Waals surface area (Å²) >= 11 is 0. The van der Waals surface area contributed by atoms with Crippen LogP contribution in [0.1, 0.15) is 32.3 Å². The van der Waals surface area contributed by atoms with Gasteiger partial charge in [-0.15, -0.1) is 0 Å². The van der Waals surface area contributed by atoms with E-state index in [2.05, 4.69) is 18.7 Å². The summed E-state index contributed by atoms with van der Waals surface area (Å²) in [6.45, 7) is 6.77. The van der Waals surface area contributed by atoms with Crippen LogP contribution in [0, 0.1) is 5.82 Å². The first-order chi connectivity index (χ1) is 8.56. The van der Waals surface area contributed by atoms with E-state index in [0.29, 0.717) is 6.54 Å². The maximum absolute atomic E-state index is 13.4. The summed E-state index contributed by atoms with van der Waals surface area (Å²) in [4.78, 5) is 2.24. The molecule has 100 valence electrons. The highest BCUT2D eigenvalue weighted by atomic mass is 19.1. The zero-order chi connectivity index (χ0) is 13.5. The Morgan fingerprint density at radius 1 is 1.11 bits per heavy atom. The lowest BCUT2D eigenvalue weighted by Gasteiger charge is -2.21. The first-order valence-corrected chi connectivity index (χ1v) is 6.44. The fraction of sp³-hybridized carbons (Fsp3) is 0.538. The largest absolute Gasteiger partial charge is 0.488 e. The molecule has 0 aliphatic carbocycles. The third kappa shape index (κ3) is 4.76. The SMILES string of the molecule is CCCN(CCC)Cc1cc(F)cc(B(O)O)c1. The van der Waals surface area contributed by atoms with E-state index in [1.807, 2.05) is 0 Å². The second kappa shape index (κ2) is 7.51. The quantitative estimate of drug-likeness (QED) is 0.716. The van der Waals surface area contributed by atoms with E-state index in [9.17, 15) is 4.39 Å². The number of halogens is 1. The minimum absolute atomic E-state index is 0.206. The molecule has 0 saturated heterocycles. The van der Waals surface area contributed by atoms with Crippen molar-refractivity contribution in [3.05, 3.63) is 29.6 Å². The molecule has 5 heteroatoms. The van der Waals surface area contributed by atoms with Gasteiger partial charge >= 0.3 is 7.12 Å². The van der Waals surface area contributed by atoms with Gasteiger partial charge in [0.15, 0.2) is 0 Å². The predicted molar refractivity (Wildman–Crippen MR) is 72.1 cm³/mol. The molecule has 1 aromatic carbocycles. The molecule has 1 aromatic rings. The molecule has 18 heavy (non-hydrogen) atoms. The van der Waals surface area contributed by atoms with Crippen molar-refractivity contribution < 1.29 is 14.4 Å². The van der Waals surface area contributed by atoms with E-state index in [1.165, 1.54) is 6.07 Å². The maximum atomic E-state index is 13.4. The van der Waals surface area contributed by atoms with Crippen LogP contribution in [0.5, 0.6) is 0 Å². The van der Waals surface area contributed by atoms with Crippen LogP contribution >= 0.6 is 0 Å². The Hall–Kier alpha value is -0.905. The first kappa shape index (κ1) is 15.2. The van der Waals surface area contributed by atoms with Crippen LogP contribution in [-0.4, -0.2) is 35.2 Å². The zero-order valence-corrected chi connectivity index (χ0v) is 11.1. The highest BCUT2D eigenvalue weighted by molar-refractivity contribution is 6.58. The highest BCUT2D eigenvalue weighted by Gasteiger charge is 2.14. The second-order valence-corrected chi connectivity index (χ2v) is 4.54. The Morgan fingerprint density at radius 2 is 1.72 bits per heavy atom. The maximum Gasteiger partial charge on any atom is 0.488 e. The fourth-order valence-corrected chi connectivity index (χ4v) is 2.08. The molecule has 2 N–H and O–H groups in total. The van der Waals surface area contributed by atoms with Gasteiger partial charge in [-0.05, 0) is 49.1 Å². The van der Waals surface area contributed by atoms with Crippen LogP contribution in [0.3, 0.4) is 0 Å². The molecule has 0 aliphatic heterocycles. The van der Waals surface area contributed by atoms with Gasteiger partial charge in [-0.1, -0.05) is 19.9 Å². The van der Waals surface area contributed by atoms with Gasteiger partial charge in [0.25, 0.3) is 0 Å². The third-order valence-electron chi connectivity index (χ3n) is 2.76. The molecular formula is C13H21BFNO2. The summed E-state index contributed by atoms with van der Waals surface area (Å²) in [7, 11) is -1.62. The van der Waals surface area contributed by atoms with E-state index in [-0.39, 0.29) is 5.46 Å². The number of benzene rings is 1. The van der Waals surface area contributed by atoms with E-state index in [0.717, 1.165) is 37.6 Å². The van der Waals surface area contributed by atoms with Crippen LogP contribution < -0.4 is 5.46 Å². The molecule has 0 amide bonds. The van der Waals surface area contributed by atoms with Crippen molar-refractivity contribution in [2.75, 3.05) is 13.1 Å². The average Bonchev–Trinajstić information content (AvgIpc) is 2.28. The molecule has 1 rings (SSSR count). The predicted octanol–water partition coefficient (Wildman–Crippen LogP) is 1.13. The molecule has 0 heterocycles. The minimum atomic E-state index is -1.62. The summed E-state index contributed by atoms with van der Waals surface area (Å²) in [6.07, 6.45) is 2.09. The monoisotopic (exact) mass is 253 g/mol. The Balaban J connectivity index is 2.81. The summed E-state index contributed by atoms with van der Waals surface area (Å²) in [5.74, 6) is -0.427. The Kier molecular flexibility index (Phi) is 6.32. The molecule has 0 aliphatic rings. The van der Waals surface area contributed by atoms with E-state index >= 15 is 0 Å². The van der Waals surface area contributed by atoms with Crippen LogP contribution in [0.4, 0.5) is 4.39 Å². The van der Waals surface area contributed by atoms with Crippen molar-refractivity contribution in [2.24, 2.45) is 0 Å².